The lowest BCUT2D eigenvalue weighted by atomic mass is 9.80. The number of hydrogen-bond acceptors (Lipinski definition) is 3. The number of carbonyl (C=O) groups is 1. The van der Waals surface area contributed by atoms with Crippen LogP contribution in [0.2, 0.25) is 0 Å². The minimum Gasteiger partial charge on any atom is -0.481 e. The lowest BCUT2D eigenvalue weighted by Gasteiger charge is -2.33. The van der Waals surface area contributed by atoms with E-state index in [-0.39, 0.29) is 11.4 Å². The first-order valence-corrected chi connectivity index (χ1v) is 6.36. The Morgan fingerprint density at radius 3 is 2.72 bits per heavy atom. The smallest absolute Gasteiger partial charge is 0.220 e. The van der Waals surface area contributed by atoms with Crippen LogP contribution in [0.3, 0.4) is 0 Å². The van der Waals surface area contributed by atoms with Crippen LogP contribution >= 0.6 is 0 Å². The van der Waals surface area contributed by atoms with Gasteiger partial charge in [-0.15, -0.1) is 0 Å². The predicted octanol–water partition coefficient (Wildman–Crippen LogP) is 1.94. The molecule has 4 heteroatoms. The number of methoxy groups -OCH3 is 1. The third kappa shape index (κ3) is 2.47. The van der Waals surface area contributed by atoms with Crippen LogP contribution in [0.15, 0.2) is 18.3 Å². The SMILES string of the molecule is COc1ccc(CC2(C(C)C)CCC(=O)N2)cn1. The van der Waals surface area contributed by atoms with E-state index in [4.69, 9.17) is 4.74 Å². The van der Waals surface area contributed by atoms with Crippen molar-refractivity contribution < 1.29 is 9.53 Å². The van der Waals surface area contributed by atoms with Crippen LogP contribution in [0.1, 0.15) is 32.3 Å². The number of ether oxygens (including phenoxy) is 1. The molecule has 1 atom stereocenters. The van der Waals surface area contributed by atoms with E-state index in [2.05, 4.69) is 24.1 Å². The van der Waals surface area contributed by atoms with E-state index in [9.17, 15) is 4.79 Å². The van der Waals surface area contributed by atoms with Crippen molar-refractivity contribution in [3.8, 4) is 5.88 Å². The van der Waals surface area contributed by atoms with Gasteiger partial charge in [-0.25, -0.2) is 4.98 Å². The molecule has 0 aliphatic carbocycles. The van der Waals surface area contributed by atoms with Gasteiger partial charge in [-0.2, -0.15) is 0 Å². The summed E-state index contributed by atoms with van der Waals surface area (Å²) in [6.07, 6.45) is 4.18. The number of carbonyl (C=O) groups excluding carboxylic acids is 1. The molecule has 1 aromatic rings. The average Bonchev–Trinajstić information content (AvgIpc) is 2.73. The van der Waals surface area contributed by atoms with Crippen LogP contribution in [0, 0.1) is 5.92 Å². The van der Waals surface area contributed by atoms with Crippen LogP contribution in [0.4, 0.5) is 0 Å². The number of nitrogens with one attached hydrogen (secondary N) is 1. The molecule has 1 fully saturated rings. The quantitative estimate of drug-likeness (QED) is 0.886. The molecule has 0 bridgehead atoms. The Kier molecular flexibility index (Phi) is 3.55. The maximum atomic E-state index is 11.5. The second-order valence-corrected chi connectivity index (χ2v) is 5.24. The van der Waals surface area contributed by atoms with Crippen molar-refractivity contribution in [1.82, 2.24) is 10.3 Å². The third-order valence-corrected chi connectivity index (χ3v) is 3.82. The molecule has 18 heavy (non-hydrogen) atoms. The Bertz CT molecular complexity index is 428. The highest BCUT2D eigenvalue weighted by molar-refractivity contribution is 5.79. The highest BCUT2D eigenvalue weighted by Gasteiger charge is 2.40. The zero-order chi connectivity index (χ0) is 13.2. The Labute approximate surface area is 108 Å². The predicted molar refractivity (Wildman–Crippen MR) is 69.4 cm³/mol. The van der Waals surface area contributed by atoms with E-state index in [1.807, 2.05) is 18.3 Å². The lowest BCUT2D eigenvalue weighted by molar-refractivity contribution is -0.120. The molecule has 1 aromatic heterocycles. The van der Waals surface area contributed by atoms with Gasteiger partial charge in [0, 0.05) is 24.2 Å². The van der Waals surface area contributed by atoms with Crippen molar-refractivity contribution in [2.45, 2.75) is 38.6 Å². The van der Waals surface area contributed by atoms with Crippen LogP contribution < -0.4 is 10.1 Å². The summed E-state index contributed by atoms with van der Waals surface area (Å²) in [5.41, 5.74) is 1.01. The normalized spacial score (nSPS) is 23.2. The van der Waals surface area contributed by atoms with Crippen LogP contribution in [-0.4, -0.2) is 23.5 Å². The van der Waals surface area contributed by atoms with Crippen molar-refractivity contribution in [1.29, 1.82) is 0 Å². The van der Waals surface area contributed by atoms with E-state index in [0.717, 1.165) is 18.4 Å². The molecular weight excluding hydrogens is 228 g/mol. The number of aromatic nitrogens is 1. The van der Waals surface area contributed by atoms with Gasteiger partial charge in [-0.3, -0.25) is 4.79 Å². The van der Waals surface area contributed by atoms with Gasteiger partial charge >= 0.3 is 0 Å². The molecule has 2 rings (SSSR count). The first-order valence-electron chi connectivity index (χ1n) is 6.36. The van der Waals surface area contributed by atoms with Gasteiger partial charge in [0.1, 0.15) is 0 Å². The summed E-state index contributed by atoms with van der Waals surface area (Å²) in [6.45, 7) is 4.31. The fraction of sp³-hybridized carbons (Fsp3) is 0.571. The lowest BCUT2D eigenvalue weighted by Crippen LogP contribution is -2.48. The van der Waals surface area contributed by atoms with E-state index >= 15 is 0 Å². The molecule has 1 aliphatic heterocycles. The van der Waals surface area contributed by atoms with Crippen LogP contribution in [-0.2, 0) is 11.2 Å². The van der Waals surface area contributed by atoms with Gasteiger partial charge in [-0.1, -0.05) is 19.9 Å². The number of rotatable bonds is 4. The summed E-state index contributed by atoms with van der Waals surface area (Å²) in [5.74, 6) is 1.18. The minimum absolute atomic E-state index is 0.118. The minimum atomic E-state index is -0.118. The maximum Gasteiger partial charge on any atom is 0.220 e. The standard InChI is InChI=1S/C14H20N2O2/c1-10(2)14(7-6-12(17)16-14)8-11-4-5-13(18-3)15-9-11/h4-5,9-10H,6-8H2,1-3H3,(H,16,17). The van der Waals surface area contributed by atoms with Crippen molar-refractivity contribution in [3.05, 3.63) is 23.9 Å². The van der Waals surface area contributed by atoms with Gasteiger partial charge in [0.05, 0.1) is 7.11 Å². The number of amides is 1. The molecule has 0 spiro atoms. The van der Waals surface area contributed by atoms with Gasteiger partial charge in [0.15, 0.2) is 0 Å². The summed E-state index contributed by atoms with van der Waals surface area (Å²) in [7, 11) is 1.61. The van der Waals surface area contributed by atoms with Crippen molar-refractivity contribution in [2.24, 2.45) is 5.92 Å². The zero-order valence-corrected chi connectivity index (χ0v) is 11.2. The van der Waals surface area contributed by atoms with Gasteiger partial charge in [0.25, 0.3) is 0 Å². The van der Waals surface area contributed by atoms with E-state index in [0.29, 0.717) is 18.2 Å². The number of pyridine rings is 1. The summed E-state index contributed by atoms with van der Waals surface area (Å²) in [6, 6.07) is 3.88. The Balaban J connectivity index is 2.16. The highest BCUT2D eigenvalue weighted by Crippen LogP contribution is 2.31. The summed E-state index contributed by atoms with van der Waals surface area (Å²) >= 11 is 0. The number of hydrogen-bond donors (Lipinski definition) is 1. The van der Waals surface area contributed by atoms with Crippen LogP contribution in [0.5, 0.6) is 5.88 Å². The fourth-order valence-electron chi connectivity index (χ4n) is 2.51. The van der Waals surface area contributed by atoms with E-state index in [1.165, 1.54) is 0 Å². The van der Waals surface area contributed by atoms with Gasteiger partial charge in [0.2, 0.25) is 11.8 Å². The first-order chi connectivity index (χ1) is 8.55. The number of nitrogens with zero attached hydrogens (tertiary/aromatic N) is 1. The fourth-order valence-corrected chi connectivity index (χ4v) is 2.51. The summed E-state index contributed by atoms with van der Waals surface area (Å²) in [4.78, 5) is 15.7. The monoisotopic (exact) mass is 248 g/mol. The maximum absolute atomic E-state index is 11.5. The summed E-state index contributed by atoms with van der Waals surface area (Å²) in [5, 5.41) is 3.15. The van der Waals surface area contributed by atoms with Gasteiger partial charge in [-0.05, 0) is 24.3 Å². The van der Waals surface area contributed by atoms with E-state index < -0.39 is 0 Å². The zero-order valence-electron chi connectivity index (χ0n) is 11.2. The molecule has 4 nitrogen and oxygen atoms in total. The Hall–Kier alpha value is -1.58. The molecule has 0 radical (unpaired) electrons. The molecule has 0 saturated carbocycles. The Morgan fingerprint density at radius 1 is 1.50 bits per heavy atom. The van der Waals surface area contributed by atoms with Gasteiger partial charge < -0.3 is 10.1 Å². The topological polar surface area (TPSA) is 51.2 Å². The molecule has 1 saturated heterocycles. The third-order valence-electron chi connectivity index (χ3n) is 3.82. The highest BCUT2D eigenvalue weighted by atomic mass is 16.5. The summed E-state index contributed by atoms with van der Waals surface area (Å²) < 4.78 is 5.05. The second-order valence-electron chi connectivity index (χ2n) is 5.24. The molecular formula is C14H20N2O2. The van der Waals surface area contributed by atoms with Crippen molar-refractivity contribution >= 4 is 5.91 Å². The molecule has 1 aliphatic rings. The second kappa shape index (κ2) is 4.96. The van der Waals surface area contributed by atoms with Crippen LogP contribution in [0.25, 0.3) is 0 Å². The average molecular weight is 248 g/mol. The molecule has 1 amide bonds. The largest absolute Gasteiger partial charge is 0.481 e. The molecule has 98 valence electrons. The van der Waals surface area contributed by atoms with Crippen molar-refractivity contribution in [3.63, 3.8) is 0 Å². The van der Waals surface area contributed by atoms with E-state index in [1.54, 1.807) is 7.11 Å². The molecule has 1 N–H and O–H groups in total. The molecule has 0 aromatic carbocycles. The molecule has 2 heterocycles. The van der Waals surface area contributed by atoms with Crippen molar-refractivity contribution in [2.75, 3.05) is 7.11 Å². The molecule has 1 unspecified atom stereocenters. The first kappa shape index (κ1) is 12.9. The Morgan fingerprint density at radius 2 is 2.28 bits per heavy atom.